The van der Waals surface area contributed by atoms with Crippen LogP contribution in [0.4, 0.5) is 5.69 Å². The maximum atomic E-state index is 12.4. The molecule has 0 atom stereocenters. The average Bonchev–Trinajstić information content (AvgIpc) is 2.52. The molecule has 0 fully saturated rings. The van der Waals surface area contributed by atoms with E-state index in [2.05, 4.69) is 18.3 Å². The Morgan fingerprint density at radius 3 is 2.64 bits per heavy atom. The van der Waals surface area contributed by atoms with Crippen molar-refractivity contribution in [2.75, 3.05) is 5.32 Å². The Kier molecular flexibility index (Phi) is 3.88. The van der Waals surface area contributed by atoms with E-state index in [0.29, 0.717) is 6.54 Å². The summed E-state index contributed by atoms with van der Waals surface area (Å²) in [5.41, 5.74) is 3.14. The molecule has 0 spiro atoms. The van der Waals surface area contributed by atoms with Crippen molar-refractivity contribution >= 4 is 22.4 Å². The summed E-state index contributed by atoms with van der Waals surface area (Å²) < 4.78 is 1.97. The fraction of sp³-hybridized carbons (Fsp3) is 0.158. The Morgan fingerprint density at radius 1 is 1.00 bits per heavy atom. The third-order valence-electron chi connectivity index (χ3n) is 3.99. The van der Waals surface area contributed by atoms with Gasteiger partial charge in [-0.1, -0.05) is 36.4 Å². The predicted molar refractivity (Wildman–Crippen MR) is 88.7 cm³/mol. The highest BCUT2D eigenvalue weighted by atomic mass is 16.1. The van der Waals surface area contributed by atoms with Crippen molar-refractivity contribution in [2.24, 2.45) is 0 Å². The van der Waals surface area contributed by atoms with Gasteiger partial charge in [0.15, 0.2) is 11.9 Å². The van der Waals surface area contributed by atoms with Gasteiger partial charge in [-0.15, -0.1) is 0 Å². The largest absolute Gasteiger partial charge is 0.320 e. The molecule has 1 aromatic heterocycles. The summed E-state index contributed by atoms with van der Waals surface area (Å²) in [6.45, 7) is 4.39. The van der Waals surface area contributed by atoms with Crippen molar-refractivity contribution in [3.05, 3.63) is 72.1 Å². The van der Waals surface area contributed by atoms with Crippen LogP contribution in [0.1, 0.15) is 11.3 Å². The monoisotopic (exact) mass is 291 g/mol. The molecule has 0 saturated carbocycles. The third kappa shape index (κ3) is 2.84. The number of carbonyl (C=O) groups excluding carboxylic acids is 1. The molecule has 22 heavy (non-hydrogen) atoms. The molecule has 1 amide bonds. The lowest BCUT2D eigenvalue weighted by atomic mass is 10.1. The Bertz CT molecular complexity index is 834. The maximum Gasteiger partial charge on any atom is 0.290 e. The highest BCUT2D eigenvalue weighted by molar-refractivity contribution is 6.01. The summed E-state index contributed by atoms with van der Waals surface area (Å²) in [5.74, 6) is -0.0185. The number of anilines is 1. The number of rotatable bonds is 3. The first-order valence-corrected chi connectivity index (χ1v) is 7.38. The van der Waals surface area contributed by atoms with E-state index in [-0.39, 0.29) is 5.91 Å². The normalized spacial score (nSPS) is 10.6. The topological polar surface area (TPSA) is 33.0 Å². The molecule has 0 unspecified atom stereocenters. The zero-order valence-electron chi connectivity index (χ0n) is 12.8. The fourth-order valence-corrected chi connectivity index (χ4v) is 2.60. The smallest absolute Gasteiger partial charge is 0.290 e. The molecule has 3 rings (SSSR count). The summed E-state index contributed by atoms with van der Waals surface area (Å²) in [7, 11) is 0. The minimum atomic E-state index is -0.0185. The lowest BCUT2D eigenvalue weighted by Gasteiger charge is -2.08. The SMILES string of the molecule is Cc1ccc[n+](CC(=O)Nc2cccc3ccccc23)c1C. The van der Waals surface area contributed by atoms with E-state index in [9.17, 15) is 4.79 Å². The average molecular weight is 291 g/mol. The molecule has 3 aromatic rings. The van der Waals surface area contributed by atoms with Crippen molar-refractivity contribution < 1.29 is 9.36 Å². The molecule has 0 aliphatic rings. The number of hydrogen-bond donors (Lipinski definition) is 1. The third-order valence-corrected chi connectivity index (χ3v) is 3.99. The minimum Gasteiger partial charge on any atom is -0.320 e. The summed E-state index contributed by atoms with van der Waals surface area (Å²) in [6.07, 6.45) is 1.94. The molecule has 0 radical (unpaired) electrons. The van der Waals surface area contributed by atoms with Gasteiger partial charge in [0.1, 0.15) is 0 Å². The maximum absolute atomic E-state index is 12.4. The van der Waals surface area contributed by atoms with Gasteiger partial charge in [0, 0.05) is 29.6 Å². The Morgan fingerprint density at radius 2 is 1.77 bits per heavy atom. The molecule has 110 valence electrons. The number of fused-ring (bicyclic) bond motifs is 1. The zero-order chi connectivity index (χ0) is 15.5. The zero-order valence-corrected chi connectivity index (χ0v) is 12.8. The number of nitrogens with zero attached hydrogens (tertiary/aromatic N) is 1. The second-order valence-corrected chi connectivity index (χ2v) is 5.48. The number of carbonyl (C=O) groups is 1. The van der Waals surface area contributed by atoms with Crippen molar-refractivity contribution in [3.8, 4) is 0 Å². The quantitative estimate of drug-likeness (QED) is 0.737. The number of nitrogens with one attached hydrogen (secondary N) is 1. The van der Waals surface area contributed by atoms with Gasteiger partial charge in [0.2, 0.25) is 6.54 Å². The lowest BCUT2D eigenvalue weighted by Crippen LogP contribution is -2.43. The number of aromatic nitrogens is 1. The van der Waals surface area contributed by atoms with Crippen molar-refractivity contribution in [3.63, 3.8) is 0 Å². The first-order valence-electron chi connectivity index (χ1n) is 7.38. The summed E-state index contributed by atoms with van der Waals surface area (Å²) in [6, 6.07) is 18.0. The van der Waals surface area contributed by atoms with Crippen molar-refractivity contribution in [1.29, 1.82) is 0 Å². The number of amides is 1. The van der Waals surface area contributed by atoms with Crippen LogP contribution in [0.5, 0.6) is 0 Å². The van der Waals surface area contributed by atoms with E-state index >= 15 is 0 Å². The highest BCUT2D eigenvalue weighted by Gasteiger charge is 2.14. The molecule has 0 saturated heterocycles. The van der Waals surface area contributed by atoms with Crippen molar-refractivity contribution in [1.82, 2.24) is 0 Å². The van der Waals surface area contributed by atoms with Gasteiger partial charge in [0.05, 0.1) is 0 Å². The molecule has 2 aromatic carbocycles. The van der Waals surface area contributed by atoms with Gasteiger partial charge >= 0.3 is 0 Å². The van der Waals surface area contributed by atoms with Crippen LogP contribution in [0.25, 0.3) is 10.8 Å². The van der Waals surface area contributed by atoms with Crippen LogP contribution >= 0.6 is 0 Å². The van der Waals surface area contributed by atoms with Gasteiger partial charge in [-0.25, -0.2) is 0 Å². The van der Waals surface area contributed by atoms with Crippen LogP contribution in [0.15, 0.2) is 60.8 Å². The van der Waals surface area contributed by atoms with Crippen LogP contribution in [0.2, 0.25) is 0 Å². The van der Waals surface area contributed by atoms with Gasteiger partial charge < -0.3 is 5.32 Å². The minimum absolute atomic E-state index is 0.0185. The number of benzene rings is 2. The van der Waals surface area contributed by atoms with Crippen molar-refractivity contribution in [2.45, 2.75) is 20.4 Å². The van der Waals surface area contributed by atoms with Gasteiger partial charge in [0.25, 0.3) is 5.91 Å². The van der Waals surface area contributed by atoms with Crippen LogP contribution in [-0.2, 0) is 11.3 Å². The molecule has 0 aliphatic heterocycles. The Hall–Kier alpha value is -2.68. The molecule has 0 aliphatic carbocycles. The Balaban J connectivity index is 1.83. The van der Waals surface area contributed by atoms with E-state index in [1.165, 1.54) is 5.56 Å². The molecule has 1 N–H and O–H groups in total. The lowest BCUT2D eigenvalue weighted by molar-refractivity contribution is -0.690. The van der Waals surface area contributed by atoms with E-state index < -0.39 is 0 Å². The highest BCUT2D eigenvalue weighted by Crippen LogP contribution is 2.22. The number of pyridine rings is 1. The van der Waals surface area contributed by atoms with Crippen LogP contribution in [0.3, 0.4) is 0 Å². The van der Waals surface area contributed by atoms with E-state index in [1.807, 2.05) is 66.2 Å². The number of hydrogen-bond acceptors (Lipinski definition) is 1. The van der Waals surface area contributed by atoms with Crippen LogP contribution < -0.4 is 9.88 Å². The van der Waals surface area contributed by atoms with Gasteiger partial charge in [-0.3, -0.25) is 4.79 Å². The second kappa shape index (κ2) is 5.98. The van der Waals surface area contributed by atoms with Crippen LogP contribution in [0, 0.1) is 13.8 Å². The standard InChI is InChI=1S/C19H18N2O/c1-14-7-6-12-21(15(14)2)13-19(22)20-18-11-5-9-16-8-3-4-10-17(16)18/h3-12H,13H2,1-2H3/p+1. The first-order chi connectivity index (χ1) is 10.6. The summed E-state index contributed by atoms with van der Waals surface area (Å²) >= 11 is 0. The Labute approximate surface area is 130 Å². The molecule has 3 nitrogen and oxygen atoms in total. The van der Waals surface area contributed by atoms with Gasteiger partial charge in [-0.05, 0) is 24.4 Å². The summed E-state index contributed by atoms with van der Waals surface area (Å²) in [5, 5.41) is 5.20. The molecule has 3 heteroatoms. The second-order valence-electron chi connectivity index (χ2n) is 5.48. The molecular formula is C19H19N2O+. The fourth-order valence-electron chi connectivity index (χ4n) is 2.60. The van der Waals surface area contributed by atoms with Gasteiger partial charge in [-0.2, -0.15) is 4.57 Å². The van der Waals surface area contributed by atoms with E-state index in [1.54, 1.807) is 0 Å². The van der Waals surface area contributed by atoms with E-state index in [4.69, 9.17) is 0 Å². The molecular weight excluding hydrogens is 272 g/mol. The number of aryl methyl sites for hydroxylation is 1. The first kappa shape index (κ1) is 14.3. The molecule has 0 bridgehead atoms. The predicted octanol–water partition coefficient (Wildman–Crippen LogP) is 3.38. The molecule has 1 heterocycles. The van der Waals surface area contributed by atoms with E-state index in [0.717, 1.165) is 22.2 Å². The van der Waals surface area contributed by atoms with Crippen LogP contribution in [-0.4, -0.2) is 5.91 Å². The summed E-state index contributed by atoms with van der Waals surface area (Å²) in [4.78, 5) is 12.4.